The van der Waals surface area contributed by atoms with Gasteiger partial charge in [0.2, 0.25) is 0 Å². The predicted octanol–water partition coefficient (Wildman–Crippen LogP) is 2.62. The van der Waals surface area contributed by atoms with Crippen molar-refractivity contribution in [3.05, 3.63) is 29.1 Å². The van der Waals surface area contributed by atoms with E-state index in [1.54, 1.807) is 7.11 Å². The lowest BCUT2D eigenvalue weighted by molar-refractivity contribution is 0.405. The lowest BCUT2D eigenvalue weighted by Gasteiger charge is -2.09. The fourth-order valence-electron chi connectivity index (χ4n) is 1.28. The maximum absolute atomic E-state index is 13.4. The Morgan fingerprint density at radius 3 is 2.69 bits per heavy atom. The lowest BCUT2D eigenvalue weighted by atomic mass is 10.1. The van der Waals surface area contributed by atoms with E-state index in [4.69, 9.17) is 4.74 Å². The van der Waals surface area contributed by atoms with Crippen molar-refractivity contribution in [3.8, 4) is 5.75 Å². The molecule has 0 radical (unpaired) electrons. The first-order valence-corrected chi connectivity index (χ1v) is 4.76. The van der Waals surface area contributed by atoms with Gasteiger partial charge in [0.15, 0.2) is 0 Å². The number of rotatable bonds is 3. The van der Waals surface area contributed by atoms with Gasteiger partial charge in [-0.25, -0.2) is 4.39 Å². The summed E-state index contributed by atoms with van der Waals surface area (Å²) in [6, 6.07) is 3.35. The molecule has 0 aromatic heterocycles. The molecule has 0 aliphatic heterocycles. The summed E-state index contributed by atoms with van der Waals surface area (Å²) in [5.74, 6) is 1.04. The molecule has 1 nitrogen and oxygen atoms in total. The molecule has 1 aromatic rings. The summed E-state index contributed by atoms with van der Waals surface area (Å²) >= 11 is 4.07. The first-order chi connectivity index (χ1) is 6.19. The Labute approximate surface area is 83.3 Å². The molecule has 0 aliphatic rings. The van der Waals surface area contributed by atoms with Crippen LogP contribution in [0.25, 0.3) is 0 Å². The Kier molecular flexibility index (Phi) is 3.60. The Bertz CT molecular complexity index is 299. The summed E-state index contributed by atoms with van der Waals surface area (Å²) in [7, 11) is 1.55. The van der Waals surface area contributed by atoms with Gasteiger partial charge in [-0.3, -0.25) is 0 Å². The molecular formula is C10H13FOS. The first-order valence-electron chi connectivity index (χ1n) is 4.13. The Morgan fingerprint density at radius 1 is 1.46 bits per heavy atom. The maximum Gasteiger partial charge on any atom is 0.130 e. The third-order valence-electron chi connectivity index (χ3n) is 1.88. The van der Waals surface area contributed by atoms with Crippen LogP contribution in [0.2, 0.25) is 0 Å². The van der Waals surface area contributed by atoms with Crippen LogP contribution in [0.1, 0.15) is 11.1 Å². The number of hydrogen-bond donors (Lipinski definition) is 1. The highest BCUT2D eigenvalue weighted by atomic mass is 32.1. The number of methoxy groups -OCH3 is 1. The average Bonchev–Trinajstić information content (AvgIpc) is 2.09. The van der Waals surface area contributed by atoms with E-state index in [1.807, 2.05) is 13.0 Å². The van der Waals surface area contributed by atoms with Crippen molar-refractivity contribution in [1.82, 2.24) is 0 Å². The van der Waals surface area contributed by atoms with Crippen molar-refractivity contribution in [2.24, 2.45) is 0 Å². The van der Waals surface area contributed by atoms with Gasteiger partial charge in [0.25, 0.3) is 0 Å². The van der Waals surface area contributed by atoms with Crippen molar-refractivity contribution in [2.45, 2.75) is 13.3 Å². The Hall–Kier alpha value is -0.700. The van der Waals surface area contributed by atoms with E-state index in [0.717, 1.165) is 5.56 Å². The highest BCUT2D eigenvalue weighted by molar-refractivity contribution is 7.80. The monoisotopic (exact) mass is 200 g/mol. The van der Waals surface area contributed by atoms with Crippen LogP contribution in [0.5, 0.6) is 5.75 Å². The zero-order valence-corrected chi connectivity index (χ0v) is 8.70. The van der Waals surface area contributed by atoms with Crippen LogP contribution in [0, 0.1) is 12.7 Å². The number of aryl methyl sites for hydroxylation is 1. The topological polar surface area (TPSA) is 9.23 Å². The molecule has 72 valence electrons. The van der Waals surface area contributed by atoms with Gasteiger partial charge in [-0.1, -0.05) is 0 Å². The minimum absolute atomic E-state index is 0.203. The molecule has 0 amide bonds. The number of halogens is 1. The van der Waals surface area contributed by atoms with Crippen molar-refractivity contribution in [3.63, 3.8) is 0 Å². The van der Waals surface area contributed by atoms with Gasteiger partial charge in [-0.2, -0.15) is 12.6 Å². The molecule has 0 atom stereocenters. The predicted molar refractivity (Wildman–Crippen MR) is 55.2 cm³/mol. The van der Waals surface area contributed by atoms with Crippen molar-refractivity contribution >= 4 is 12.6 Å². The summed E-state index contributed by atoms with van der Waals surface area (Å²) in [5, 5.41) is 0. The van der Waals surface area contributed by atoms with Crippen LogP contribution >= 0.6 is 12.6 Å². The highest BCUT2D eigenvalue weighted by Crippen LogP contribution is 2.24. The smallest absolute Gasteiger partial charge is 0.130 e. The third kappa shape index (κ3) is 2.37. The first kappa shape index (κ1) is 10.4. The molecule has 0 bridgehead atoms. The summed E-state index contributed by atoms with van der Waals surface area (Å²) in [6.07, 6.45) is 0.596. The van der Waals surface area contributed by atoms with Gasteiger partial charge in [0.1, 0.15) is 11.6 Å². The van der Waals surface area contributed by atoms with E-state index < -0.39 is 0 Å². The summed E-state index contributed by atoms with van der Waals surface area (Å²) < 4.78 is 18.5. The quantitative estimate of drug-likeness (QED) is 0.738. The van der Waals surface area contributed by atoms with Crippen LogP contribution in [0.4, 0.5) is 4.39 Å². The molecule has 1 aromatic carbocycles. The number of ether oxygens (including phenoxy) is 1. The van der Waals surface area contributed by atoms with Gasteiger partial charge >= 0.3 is 0 Å². The SMILES string of the molecule is COc1cc(C)cc(F)c1CCS. The molecule has 0 N–H and O–H groups in total. The molecule has 0 heterocycles. The third-order valence-corrected chi connectivity index (χ3v) is 2.10. The van der Waals surface area contributed by atoms with Gasteiger partial charge in [0.05, 0.1) is 7.11 Å². The van der Waals surface area contributed by atoms with E-state index in [-0.39, 0.29) is 5.82 Å². The second-order valence-electron chi connectivity index (χ2n) is 2.90. The van der Waals surface area contributed by atoms with Gasteiger partial charge in [-0.15, -0.1) is 0 Å². The van der Waals surface area contributed by atoms with Crippen LogP contribution in [0.15, 0.2) is 12.1 Å². The molecule has 0 saturated heterocycles. The van der Waals surface area contributed by atoms with E-state index in [9.17, 15) is 4.39 Å². The molecule has 0 spiro atoms. The Morgan fingerprint density at radius 2 is 2.15 bits per heavy atom. The molecule has 13 heavy (non-hydrogen) atoms. The van der Waals surface area contributed by atoms with Crippen LogP contribution in [0.3, 0.4) is 0 Å². The van der Waals surface area contributed by atoms with E-state index in [1.165, 1.54) is 6.07 Å². The molecule has 0 unspecified atom stereocenters. The summed E-state index contributed by atoms with van der Waals surface area (Å²) in [4.78, 5) is 0. The van der Waals surface area contributed by atoms with E-state index in [0.29, 0.717) is 23.5 Å². The number of thiol groups is 1. The average molecular weight is 200 g/mol. The largest absolute Gasteiger partial charge is 0.496 e. The van der Waals surface area contributed by atoms with Crippen LogP contribution < -0.4 is 4.74 Å². The molecular weight excluding hydrogens is 187 g/mol. The second-order valence-corrected chi connectivity index (χ2v) is 3.35. The lowest BCUT2D eigenvalue weighted by Crippen LogP contribution is -1.98. The maximum atomic E-state index is 13.4. The molecule has 3 heteroatoms. The van der Waals surface area contributed by atoms with Crippen LogP contribution in [-0.2, 0) is 6.42 Å². The van der Waals surface area contributed by atoms with Crippen molar-refractivity contribution in [1.29, 1.82) is 0 Å². The minimum atomic E-state index is -0.203. The minimum Gasteiger partial charge on any atom is -0.496 e. The van der Waals surface area contributed by atoms with Crippen LogP contribution in [-0.4, -0.2) is 12.9 Å². The molecule has 0 aliphatic carbocycles. The Balaban J connectivity index is 3.13. The molecule has 1 rings (SSSR count). The fourth-order valence-corrected chi connectivity index (χ4v) is 1.50. The standard InChI is InChI=1S/C10H13FOS/c1-7-5-9(11)8(3-4-13)10(6-7)12-2/h5-6,13H,3-4H2,1-2H3. The zero-order chi connectivity index (χ0) is 9.84. The van der Waals surface area contributed by atoms with Gasteiger partial charge in [0, 0.05) is 5.56 Å². The van der Waals surface area contributed by atoms with E-state index >= 15 is 0 Å². The van der Waals surface area contributed by atoms with Gasteiger partial charge < -0.3 is 4.74 Å². The number of benzene rings is 1. The second kappa shape index (κ2) is 4.51. The number of hydrogen-bond acceptors (Lipinski definition) is 2. The summed E-state index contributed by atoms with van der Waals surface area (Å²) in [5.41, 5.74) is 1.49. The van der Waals surface area contributed by atoms with Crippen molar-refractivity contribution in [2.75, 3.05) is 12.9 Å². The summed E-state index contributed by atoms with van der Waals surface area (Å²) in [6.45, 7) is 1.84. The zero-order valence-electron chi connectivity index (χ0n) is 7.80. The molecule has 0 fully saturated rings. The highest BCUT2D eigenvalue weighted by Gasteiger charge is 2.08. The fraction of sp³-hybridized carbons (Fsp3) is 0.400. The van der Waals surface area contributed by atoms with E-state index in [2.05, 4.69) is 12.6 Å². The van der Waals surface area contributed by atoms with Gasteiger partial charge in [-0.05, 0) is 36.8 Å². The van der Waals surface area contributed by atoms with Crippen molar-refractivity contribution < 1.29 is 9.13 Å². The normalized spacial score (nSPS) is 10.2. The molecule has 0 saturated carbocycles.